The molecule has 28 heavy (non-hydrogen) atoms. The van der Waals surface area contributed by atoms with Crippen molar-refractivity contribution in [3.63, 3.8) is 0 Å². The lowest BCUT2D eigenvalue weighted by atomic mass is 10.1. The molecule has 0 spiro atoms. The smallest absolute Gasteiger partial charge is 0.435 e. The van der Waals surface area contributed by atoms with Crippen molar-refractivity contribution < 1.29 is 14.3 Å². The molecule has 0 bridgehead atoms. The number of hydrogen-bond acceptors (Lipinski definition) is 6. The van der Waals surface area contributed by atoms with Crippen molar-refractivity contribution in [3.05, 3.63) is 41.1 Å². The number of fused-ring (bicyclic) bond motifs is 1. The van der Waals surface area contributed by atoms with E-state index in [4.69, 9.17) is 4.74 Å². The predicted molar refractivity (Wildman–Crippen MR) is 106 cm³/mol. The molecule has 2 aliphatic rings. The first-order valence-electron chi connectivity index (χ1n) is 9.82. The Hall–Kier alpha value is -2.87. The lowest BCUT2D eigenvalue weighted by Gasteiger charge is -2.28. The number of piperidine rings is 1. The van der Waals surface area contributed by atoms with Crippen molar-refractivity contribution in [2.75, 3.05) is 29.9 Å². The van der Waals surface area contributed by atoms with Crippen LogP contribution in [0, 0.1) is 0 Å². The van der Waals surface area contributed by atoms with Crippen LogP contribution in [0.15, 0.2) is 24.3 Å². The minimum absolute atomic E-state index is 0.242. The van der Waals surface area contributed by atoms with Gasteiger partial charge in [-0.1, -0.05) is 0 Å². The zero-order chi connectivity index (χ0) is 19.5. The van der Waals surface area contributed by atoms with E-state index >= 15 is 0 Å². The normalized spacial score (nSPS) is 16.0. The number of hydrogen-bond donors (Lipinski definition) is 2. The van der Waals surface area contributed by atoms with Gasteiger partial charge in [0.2, 0.25) is 0 Å². The van der Waals surface area contributed by atoms with Gasteiger partial charge in [-0.15, -0.1) is 5.10 Å². The summed E-state index contributed by atoms with van der Waals surface area (Å²) in [5.41, 5.74) is 3.26. The monoisotopic (exact) mass is 383 g/mol. The van der Waals surface area contributed by atoms with Crippen LogP contribution in [0.5, 0.6) is 0 Å². The first-order valence-corrected chi connectivity index (χ1v) is 9.82. The van der Waals surface area contributed by atoms with Crippen LogP contribution in [-0.2, 0) is 17.8 Å². The van der Waals surface area contributed by atoms with Gasteiger partial charge in [-0.25, -0.2) is 4.79 Å². The number of carbonyl (C=O) groups is 2. The second-order valence-corrected chi connectivity index (χ2v) is 7.04. The molecule has 0 radical (unpaired) electrons. The lowest BCUT2D eigenvalue weighted by Crippen LogP contribution is -2.29. The summed E-state index contributed by atoms with van der Waals surface area (Å²) >= 11 is 0. The van der Waals surface area contributed by atoms with E-state index in [1.807, 2.05) is 24.3 Å². The van der Waals surface area contributed by atoms with E-state index < -0.39 is 6.09 Å². The zero-order valence-corrected chi connectivity index (χ0v) is 16.0. The molecule has 8 nitrogen and oxygen atoms in total. The number of anilines is 2. The number of ether oxygens (including phenoxy) is 1. The Morgan fingerprint density at radius 2 is 1.89 bits per heavy atom. The van der Waals surface area contributed by atoms with Gasteiger partial charge in [0.15, 0.2) is 5.82 Å². The molecule has 0 unspecified atom stereocenters. The number of rotatable bonds is 4. The Labute approximate surface area is 163 Å². The molecule has 8 heteroatoms. The average molecular weight is 383 g/mol. The molecular formula is C20H25N5O3. The Morgan fingerprint density at radius 3 is 2.61 bits per heavy atom. The molecule has 1 aromatic heterocycles. The summed E-state index contributed by atoms with van der Waals surface area (Å²) in [5, 5.41) is 10.3. The van der Waals surface area contributed by atoms with Gasteiger partial charge in [-0.05, 0) is 50.5 Å². The summed E-state index contributed by atoms with van der Waals surface area (Å²) < 4.78 is 6.27. The summed E-state index contributed by atoms with van der Waals surface area (Å²) in [6.45, 7) is 5.22. The van der Waals surface area contributed by atoms with E-state index in [0.717, 1.165) is 30.0 Å². The molecule has 1 fully saturated rings. The molecule has 2 N–H and O–H groups in total. The Balaban J connectivity index is 1.49. The van der Waals surface area contributed by atoms with E-state index in [1.165, 1.54) is 23.9 Å². The maximum atomic E-state index is 12.7. The minimum atomic E-state index is -0.533. The maximum absolute atomic E-state index is 12.7. The highest BCUT2D eigenvalue weighted by Gasteiger charge is 2.27. The first kappa shape index (κ1) is 18.5. The molecule has 2 aliphatic heterocycles. The second-order valence-electron chi connectivity index (χ2n) is 7.04. The topological polar surface area (TPSA) is 88.5 Å². The molecule has 2 aromatic rings. The van der Waals surface area contributed by atoms with Gasteiger partial charge >= 0.3 is 6.09 Å². The van der Waals surface area contributed by atoms with Crippen LogP contribution in [0.3, 0.4) is 0 Å². The number of aromatic nitrogens is 2. The molecule has 1 saturated heterocycles. The average Bonchev–Trinajstić information content (AvgIpc) is 3.33. The summed E-state index contributed by atoms with van der Waals surface area (Å²) in [6.07, 6.45) is 3.18. The third-order valence-corrected chi connectivity index (χ3v) is 5.21. The molecule has 4 rings (SSSR count). The number of benzene rings is 1. The number of nitrogens with one attached hydrogen (secondary N) is 2. The summed E-state index contributed by atoms with van der Waals surface area (Å²) in [6, 6.07) is 7.65. The van der Waals surface area contributed by atoms with Crippen molar-refractivity contribution in [2.24, 2.45) is 0 Å². The van der Waals surface area contributed by atoms with E-state index in [0.29, 0.717) is 24.5 Å². The van der Waals surface area contributed by atoms with E-state index in [9.17, 15) is 9.59 Å². The first-order chi connectivity index (χ1) is 13.7. The second kappa shape index (κ2) is 8.02. The molecule has 3 heterocycles. The number of nitrogens with zero attached hydrogens (tertiary/aromatic N) is 3. The molecule has 148 valence electrons. The van der Waals surface area contributed by atoms with Crippen molar-refractivity contribution in [3.8, 4) is 0 Å². The van der Waals surface area contributed by atoms with Crippen LogP contribution < -0.4 is 15.5 Å². The SMILES string of the molecule is CCOC(=O)n1nc(NC(=O)c2ccc(N3CCCCC3)cc2)c2c1CNC2. The lowest BCUT2D eigenvalue weighted by molar-refractivity contribution is 0.102. The molecule has 0 saturated carbocycles. The summed E-state index contributed by atoms with van der Waals surface area (Å²) in [4.78, 5) is 27.1. The Morgan fingerprint density at radius 1 is 1.14 bits per heavy atom. The fourth-order valence-electron chi connectivity index (χ4n) is 3.75. The van der Waals surface area contributed by atoms with Gasteiger partial charge in [0.1, 0.15) is 0 Å². The van der Waals surface area contributed by atoms with Gasteiger partial charge in [0.05, 0.1) is 12.3 Å². The predicted octanol–water partition coefficient (Wildman–Crippen LogP) is 2.73. The van der Waals surface area contributed by atoms with Crippen molar-refractivity contribution >= 4 is 23.5 Å². The van der Waals surface area contributed by atoms with E-state index in [-0.39, 0.29) is 12.5 Å². The fraction of sp³-hybridized carbons (Fsp3) is 0.450. The minimum Gasteiger partial charge on any atom is -0.448 e. The van der Waals surface area contributed by atoms with Crippen LogP contribution in [-0.4, -0.2) is 41.5 Å². The van der Waals surface area contributed by atoms with Crippen LogP contribution in [0.4, 0.5) is 16.3 Å². The van der Waals surface area contributed by atoms with E-state index in [1.54, 1.807) is 6.92 Å². The van der Waals surface area contributed by atoms with Crippen LogP contribution in [0.1, 0.15) is 47.8 Å². The van der Waals surface area contributed by atoms with Crippen LogP contribution in [0.25, 0.3) is 0 Å². The van der Waals surface area contributed by atoms with Gasteiger partial charge in [0, 0.05) is 43.0 Å². The van der Waals surface area contributed by atoms with Crippen LogP contribution in [0.2, 0.25) is 0 Å². The molecule has 0 atom stereocenters. The molecule has 1 aromatic carbocycles. The highest BCUT2D eigenvalue weighted by molar-refractivity contribution is 6.04. The summed E-state index contributed by atoms with van der Waals surface area (Å²) in [5.74, 6) is 0.159. The van der Waals surface area contributed by atoms with Crippen molar-refractivity contribution in [1.29, 1.82) is 0 Å². The Bertz CT molecular complexity index is 869. The quantitative estimate of drug-likeness (QED) is 0.844. The molecular weight excluding hydrogens is 358 g/mol. The standard InChI is InChI=1S/C20H25N5O3/c1-2-28-20(27)25-17-13-21-12-16(17)18(23-25)22-19(26)14-6-8-15(9-7-14)24-10-4-3-5-11-24/h6-9,21H,2-5,10-13H2,1H3,(H,22,23,26). The molecule has 1 amide bonds. The van der Waals surface area contributed by atoms with Crippen molar-refractivity contribution in [1.82, 2.24) is 15.1 Å². The highest BCUT2D eigenvalue weighted by Crippen LogP contribution is 2.25. The third kappa shape index (κ3) is 3.60. The van der Waals surface area contributed by atoms with Crippen LogP contribution >= 0.6 is 0 Å². The zero-order valence-electron chi connectivity index (χ0n) is 16.0. The molecule has 0 aliphatic carbocycles. The van der Waals surface area contributed by atoms with Gasteiger partial charge in [-0.3, -0.25) is 4.79 Å². The fourth-order valence-corrected chi connectivity index (χ4v) is 3.75. The van der Waals surface area contributed by atoms with Gasteiger partial charge < -0.3 is 20.3 Å². The van der Waals surface area contributed by atoms with Gasteiger partial charge in [0.25, 0.3) is 5.91 Å². The maximum Gasteiger partial charge on any atom is 0.435 e. The van der Waals surface area contributed by atoms with Gasteiger partial charge in [-0.2, -0.15) is 4.68 Å². The highest BCUT2D eigenvalue weighted by atomic mass is 16.6. The largest absolute Gasteiger partial charge is 0.448 e. The van der Waals surface area contributed by atoms with E-state index in [2.05, 4.69) is 20.6 Å². The van der Waals surface area contributed by atoms with Crippen molar-refractivity contribution in [2.45, 2.75) is 39.3 Å². The number of carbonyl (C=O) groups excluding carboxylic acids is 2. The third-order valence-electron chi connectivity index (χ3n) is 5.21. The Kier molecular flexibility index (Phi) is 5.29. The summed E-state index contributed by atoms with van der Waals surface area (Å²) in [7, 11) is 0. The number of amides is 1.